The number of nitrogens with zero attached hydrogens (tertiary/aromatic N) is 2. The molecule has 30 heavy (non-hydrogen) atoms. The monoisotopic (exact) mass is 405 g/mol. The van der Waals surface area contributed by atoms with Crippen molar-refractivity contribution in [3.63, 3.8) is 0 Å². The largest absolute Gasteiger partial charge is 0.440 e. The smallest absolute Gasteiger partial charge is 0.205 e. The van der Waals surface area contributed by atoms with E-state index in [1.807, 2.05) is 6.92 Å². The van der Waals surface area contributed by atoms with Gasteiger partial charge in [0.05, 0.1) is 5.92 Å². The summed E-state index contributed by atoms with van der Waals surface area (Å²) in [6.07, 6.45) is 1.73. The first kappa shape index (κ1) is 19.9. The molecule has 0 spiro atoms. The Morgan fingerprint density at radius 3 is 2.50 bits per heavy atom. The van der Waals surface area contributed by atoms with Crippen LogP contribution in [0.2, 0.25) is 0 Å². The molecule has 0 saturated carbocycles. The van der Waals surface area contributed by atoms with E-state index in [9.17, 15) is 14.0 Å². The van der Waals surface area contributed by atoms with Crippen LogP contribution < -0.4 is 5.73 Å². The fraction of sp³-hybridized carbons (Fsp3) is 0.208. The minimum atomic E-state index is -0.654. The van der Waals surface area contributed by atoms with E-state index in [2.05, 4.69) is 11.0 Å². The molecule has 2 aromatic carbocycles. The van der Waals surface area contributed by atoms with Crippen LogP contribution in [0.15, 0.2) is 76.9 Å². The van der Waals surface area contributed by atoms with Gasteiger partial charge in [-0.15, -0.1) is 0 Å². The predicted molar refractivity (Wildman–Crippen MR) is 111 cm³/mol. The molecule has 2 N–H and O–H groups in total. The van der Waals surface area contributed by atoms with Gasteiger partial charge >= 0.3 is 0 Å². The maximum Gasteiger partial charge on any atom is 0.205 e. The molecule has 0 bridgehead atoms. The molecule has 2 aromatic rings. The third-order valence-corrected chi connectivity index (χ3v) is 5.50. The summed E-state index contributed by atoms with van der Waals surface area (Å²) in [5.74, 6) is -0.964. The number of likely N-dealkylation sites (N-methyl/N-ethyl adjacent to an activating group) is 1. The van der Waals surface area contributed by atoms with Gasteiger partial charge in [-0.1, -0.05) is 43.3 Å². The Morgan fingerprint density at radius 1 is 1.13 bits per heavy atom. The predicted octanol–water partition coefficient (Wildman–Crippen LogP) is 4.45. The molecule has 0 fully saturated rings. The van der Waals surface area contributed by atoms with Gasteiger partial charge in [0.1, 0.15) is 29.0 Å². The van der Waals surface area contributed by atoms with Crippen LogP contribution in [0.3, 0.4) is 0 Å². The van der Waals surface area contributed by atoms with Gasteiger partial charge in [-0.25, -0.2) is 8.78 Å². The molecule has 0 amide bonds. The molecule has 4 nitrogen and oxygen atoms in total. The third kappa shape index (κ3) is 3.49. The van der Waals surface area contributed by atoms with Crippen molar-refractivity contribution in [1.82, 2.24) is 4.90 Å². The molecule has 0 unspecified atom stereocenters. The lowest BCUT2D eigenvalue weighted by atomic mass is 9.80. The van der Waals surface area contributed by atoms with Crippen molar-refractivity contribution < 1.29 is 13.5 Å². The van der Waals surface area contributed by atoms with Crippen LogP contribution in [-0.4, -0.2) is 24.5 Å². The Hall–Kier alpha value is -3.43. The lowest BCUT2D eigenvalue weighted by molar-refractivity contribution is 0.238. The minimum absolute atomic E-state index is 0.0473. The summed E-state index contributed by atoms with van der Waals surface area (Å²) in [7, 11) is 0. The zero-order valence-electron chi connectivity index (χ0n) is 16.5. The molecule has 6 heteroatoms. The van der Waals surface area contributed by atoms with Gasteiger partial charge in [0.15, 0.2) is 0 Å². The summed E-state index contributed by atoms with van der Waals surface area (Å²) < 4.78 is 34.9. The summed E-state index contributed by atoms with van der Waals surface area (Å²) in [5.41, 5.74) is 8.56. The zero-order chi connectivity index (χ0) is 21.3. The molecule has 0 aromatic heterocycles. The van der Waals surface area contributed by atoms with E-state index in [1.165, 1.54) is 12.1 Å². The van der Waals surface area contributed by atoms with Crippen molar-refractivity contribution in [2.24, 2.45) is 5.73 Å². The second-order valence-corrected chi connectivity index (χ2v) is 7.30. The fourth-order valence-electron chi connectivity index (χ4n) is 4.01. The Bertz CT molecular complexity index is 1130. The maximum absolute atomic E-state index is 14.7. The zero-order valence-corrected chi connectivity index (χ0v) is 16.5. The second kappa shape index (κ2) is 8.13. The van der Waals surface area contributed by atoms with Gasteiger partial charge in [-0.3, -0.25) is 4.90 Å². The van der Waals surface area contributed by atoms with E-state index in [4.69, 9.17) is 10.5 Å². The number of halogens is 2. The molecule has 2 aliphatic heterocycles. The number of allylic oxidation sites excluding steroid dienone is 1. The Labute approximate surface area is 174 Å². The molecule has 4 rings (SSSR count). The number of rotatable bonds is 3. The molecular formula is C24H21F2N3O. The van der Waals surface area contributed by atoms with Crippen molar-refractivity contribution in [2.45, 2.75) is 12.8 Å². The number of ether oxygens (including phenoxy) is 1. The van der Waals surface area contributed by atoms with Crippen LogP contribution >= 0.6 is 0 Å². The van der Waals surface area contributed by atoms with Crippen LogP contribution in [0.5, 0.6) is 0 Å². The lowest BCUT2D eigenvalue weighted by Gasteiger charge is -2.38. The Kier molecular flexibility index (Phi) is 5.39. The van der Waals surface area contributed by atoms with E-state index < -0.39 is 11.7 Å². The van der Waals surface area contributed by atoms with E-state index in [-0.39, 0.29) is 17.3 Å². The number of nitrogens with two attached hydrogens (primary N) is 1. The maximum atomic E-state index is 14.7. The normalized spacial score (nSPS) is 20.7. The topological polar surface area (TPSA) is 62.3 Å². The average Bonchev–Trinajstić information content (AvgIpc) is 2.75. The molecule has 1 atom stereocenters. The summed E-state index contributed by atoms with van der Waals surface area (Å²) in [5, 5.41) is 9.74. The van der Waals surface area contributed by atoms with Crippen molar-refractivity contribution in [2.75, 3.05) is 19.6 Å². The first-order valence-electron chi connectivity index (χ1n) is 9.76. The quantitative estimate of drug-likeness (QED) is 0.820. The highest BCUT2D eigenvalue weighted by Gasteiger charge is 2.38. The molecule has 0 saturated heterocycles. The van der Waals surface area contributed by atoms with Crippen LogP contribution in [0.25, 0.3) is 6.08 Å². The lowest BCUT2D eigenvalue weighted by Crippen LogP contribution is -2.38. The third-order valence-electron chi connectivity index (χ3n) is 5.50. The van der Waals surface area contributed by atoms with Gasteiger partial charge in [-0.2, -0.15) is 5.26 Å². The van der Waals surface area contributed by atoms with Gasteiger partial charge in [0, 0.05) is 29.8 Å². The summed E-state index contributed by atoms with van der Waals surface area (Å²) in [6.45, 7) is 3.78. The van der Waals surface area contributed by atoms with E-state index in [0.29, 0.717) is 30.0 Å². The Morgan fingerprint density at radius 2 is 1.83 bits per heavy atom. The van der Waals surface area contributed by atoms with E-state index in [0.717, 1.165) is 17.7 Å². The minimum Gasteiger partial charge on any atom is -0.440 e. The summed E-state index contributed by atoms with van der Waals surface area (Å²) in [4.78, 5) is 2.14. The highest BCUT2D eigenvalue weighted by atomic mass is 19.1. The van der Waals surface area contributed by atoms with E-state index in [1.54, 1.807) is 42.5 Å². The fourth-order valence-corrected chi connectivity index (χ4v) is 4.01. The van der Waals surface area contributed by atoms with Crippen LogP contribution in [-0.2, 0) is 4.74 Å². The molecule has 0 aliphatic carbocycles. The van der Waals surface area contributed by atoms with Crippen LogP contribution in [0, 0.1) is 23.0 Å². The number of hydrogen-bond acceptors (Lipinski definition) is 4. The highest BCUT2D eigenvalue weighted by Crippen LogP contribution is 2.44. The van der Waals surface area contributed by atoms with Gasteiger partial charge in [0.2, 0.25) is 5.88 Å². The first-order valence-corrected chi connectivity index (χ1v) is 9.76. The van der Waals surface area contributed by atoms with E-state index >= 15 is 0 Å². The molecule has 152 valence electrons. The molecular weight excluding hydrogens is 384 g/mol. The number of nitriles is 1. The van der Waals surface area contributed by atoms with Crippen LogP contribution in [0.4, 0.5) is 8.78 Å². The van der Waals surface area contributed by atoms with Crippen molar-refractivity contribution in [3.8, 4) is 6.07 Å². The number of benzene rings is 2. The summed E-state index contributed by atoms with van der Waals surface area (Å²) >= 11 is 0. The van der Waals surface area contributed by atoms with Crippen molar-refractivity contribution in [3.05, 3.63) is 99.7 Å². The van der Waals surface area contributed by atoms with Gasteiger partial charge in [0.25, 0.3) is 0 Å². The first-order chi connectivity index (χ1) is 14.5. The van der Waals surface area contributed by atoms with Crippen molar-refractivity contribution in [1.29, 1.82) is 5.26 Å². The highest BCUT2D eigenvalue weighted by molar-refractivity contribution is 5.63. The molecule has 0 radical (unpaired) electrons. The SMILES string of the molecule is CCN1CC(=Cc2ccccc2F)C2=C(C1)[C@@H](c1ccccc1F)C(C#N)=C(N)O2. The van der Waals surface area contributed by atoms with Gasteiger partial charge in [-0.05, 0) is 30.3 Å². The van der Waals surface area contributed by atoms with Gasteiger partial charge < -0.3 is 10.5 Å². The molecule has 2 aliphatic rings. The second-order valence-electron chi connectivity index (χ2n) is 7.30. The number of hydrogen-bond donors (Lipinski definition) is 1. The summed E-state index contributed by atoms with van der Waals surface area (Å²) in [6, 6.07) is 14.9. The standard InChI is InChI=1S/C24H21F2N3O/c1-2-29-13-16(11-15-7-3-5-9-20(15)25)23-19(14-29)22(18(12-27)24(28)30-23)17-8-4-6-10-21(17)26/h3-11,22H,2,13-14,28H2,1H3/t22-/m0/s1. The average molecular weight is 405 g/mol. The Balaban J connectivity index is 1.92. The van der Waals surface area contributed by atoms with Crippen LogP contribution in [0.1, 0.15) is 24.0 Å². The van der Waals surface area contributed by atoms with Crippen molar-refractivity contribution >= 4 is 6.08 Å². The molecule has 2 heterocycles.